The van der Waals surface area contributed by atoms with Crippen molar-refractivity contribution in [3.05, 3.63) is 96.6 Å². The average Bonchev–Trinajstić information content (AvgIpc) is 3.14. The predicted octanol–water partition coefficient (Wildman–Crippen LogP) is 5.43. The van der Waals surface area contributed by atoms with Gasteiger partial charge in [-0.2, -0.15) is 5.10 Å². The highest BCUT2D eigenvalue weighted by Gasteiger charge is 2.23. The summed E-state index contributed by atoms with van der Waals surface area (Å²) in [4.78, 5) is 0. The fourth-order valence-corrected chi connectivity index (χ4v) is 3.33. The zero-order valence-corrected chi connectivity index (χ0v) is 15.5. The van der Waals surface area contributed by atoms with Crippen LogP contribution < -0.4 is 0 Å². The highest BCUT2D eigenvalue weighted by atomic mass is 16.3. The summed E-state index contributed by atoms with van der Waals surface area (Å²) in [5, 5.41) is 15.6. The van der Waals surface area contributed by atoms with Crippen LogP contribution in [-0.2, 0) is 5.60 Å². The van der Waals surface area contributed by atoms with Crippen LogP contribution in [0.5, 0.6) is 0 Å². The number of nitrogens with zero attached hydrogens (tertiary/aromatic N) is 2. The van der Waals surface area contributed by atoms with Gasteiger partial charge in [0.1, 0.15) is 0 Å². The topological polar surface area (TPSA) is 38.1 Å². The van der Waals surface area contributed by atoms with Crippen molar-refractivity contribution < 1.29 is 5.11 Å². The van der Waals surface area contributed by atoms with Crippen molar-refractivity contribution in [2.24, 2.45) is 0 Å². The summed E-state index contributed by atoms with van der Waals surface area (Å²) in [5.41, 5.74) is 4.81. The molecule has 3 heteroatoms. The molecule has 0 fully saturated rings. The highest BCUT2D eigenvalue weighted by molar-refractivity contribution is 5.73. The predicted molar refractivity (Wildman–Crippen MR) is 110 cm³/mol. The zero-order chi connectivity index (χ0) is 18.9. The van der Waals surface area contributed by atoms with Gasteiger partial charge in [-0.15, -0.1) is 0 Å². The maximum Gasteiger partial charge on any atom is 0.0934 e. The number of hydrogen-bond acceptors (Lipinski definition) is 2. The molecule has 0 saturated heterocycles. The third-order valence-electron chi connectivity index (χ3n) is 4.64. The van der Waals surface area contributed by atoms with Crippen molar-refractivity contribution in [1.82, 2.24) is 9.78 Å². The Hall–Kier alpha value is -3.17. The third kappa shape index (κ3) is 3.42. The lowest BCUT2D eigenvalue weighted by molar-refractivity contribution is 0.0791. The second kappa shape index (κ2) is 6.86. The Morgan fingerprint density at radius 2 is 1.37 bits per heavy atom. The van der Waals surface area contributed by atoms with E-state index in [0.717, 1.165) is 33.8 Å². The standard InChI is InChI=1S/C24H22N2O/c1-24(2,27)21-16-10-9-15-20(21)23-17-22(18-11-5-3-6-12-18)25-26(23)19-13-7-4-8-14-19/h3-17,27H,1-2H3. The minimum atomic E-state index is -0.949. The van der Waals surface area contributed by atoms with Crippen LogP contribution in [0.25, 0.3) is 28.2 Å². The molecular formula is C24H22N2O. The minimum Gasteiger partial charge on any atom is -0.386 e. The highest BCUT2D eigenvalue weighted by Crippen LogP contribution is 2.35. The number of aliphatic hydroxyl groups is 1. The number of aromatic nitrogens is 2. The molecule has 1 N–H and O–H groups in total. The number of benzene rings is 3. The van der Waals surface area contributed by atoms with Crippen molar-refractivity contribution in [2.75, 3.05) is 0 Å². The van der Waals surface area contributed by atoms with Gasteiger partial charge >= 0.3 is 0 Å². The molecule has 0 amide bonds. The monoisotopic (exact) mass is 354 g/mol. The van der Waals surface area contributed by atoms with Gasteiger partial charge in [-0.25, -0.2) is 4.68 Å². The molecule has 27 heavy (non-hydrogen) atoms. The Morgan fingerprint density at radius 3 is 2.04 bits per heavy atom. The quantitative estimate of drug-likeness (QED) is 0.530. The molecule has 134 valence electrons. The molecule has 0 saturated carbocycles. The number of para-hydroxylation sites is 1. The molecule has 3 aromatic carbocycles. The van der Waals surface area contributed by atoms with Gasteiger partial charge in [0.05, 0.1) is 22.7 Å². The van der Waals surface area contributed by atoms with Crippen LogP contribution in [0.4, 0.5) is 0 Å². The maximum atomic E-state index is 10.7. The summed E-state index contributed by atoms with van der Waals surface area (Å²) in [7, 11) is 0. The van der Waals surface area contributed by atoms with Crippen molar-refractivity contribution in [3.63, 3.8) is 0 Å². The van der Waals surface area contributed by atoms with Crippen LogP contribution in [0.15, 0.2) is 91.0 Å². The SMILES string of the molecule is CC(C)(O)c1ccccc1-c1cc(-c2ccccc2)nn1-c1ccccc1. The average molecular weight is 354 g/mol. The summed E-state index contributed by atoms with van der Waals surface area (Å²) in [6, 6.07) is 30.3. The molecule has 0 aliphatic carbocycles. The van der Waals surface area contributed by atoms with E-state index in [1.165, 1.54) is 0 Å². The van der Waals surface area contributed by atoms with Crippen LogP contribution in [0.1, 0.15) is 19.4 Å². The summed E-state index contributed by atoms with van der Waals surface area (Å²) >= 11 is 0. The van der Waals surface area contributed by atoms with E-state index in [9.17, 15) is 5.11 Å². The first kappa shape index (κ1) is 17.3. The van der Waals surface area contributed by atoms with Crippen LogP contribution in [-0.4, -0.2) is 14.9 Å². The van der Waals surface area contributed by atoms with Gasteiger partial charge in [0.25, 0.3) is 0 Å². The van der Waals surface area contributed by atoms with Gasteiger partial charge in [0.15, 0.2) is 0 Å². The molecule has 0 aliphatic rings. The van der Waals surface area contributed by atoms with Crippen molar-refractivity contribution in [3.8, 4) is 28.2 Å². The number of rotatable bonds is 4. The van der Waals surface area contributed by atoms with Crippen LogP contribution >= 0.6 is 0 Å². The zero-order valence-electron chi connectivity index (χ0n) is 15.5. The van der Waals surface area contributed by atoms with Crippen molar-refractivity contribution in [1.29, 1.82) is 0 Å². The van der Waals surface area contributed by atoms with Crippen LogP contribution in [0, 0.1) is 0 Å². The normalized spacial score (nSPS) is 11.5. The number of hydrogen-bond donors (Lipinski definition) is 1. The molecule has 4 aromatic rings. The van der Waals surface area contributed by atoms with Crippen LogP contribution in [0.2, 0.25) is 0 Å². The molecule has 1 aromatic heterocycles. The minimum absolute atomic E-state index is 0.877. The molecular weight excluding hydrogens is 332 g/mol. The maximum absolute atomic E-state index is 10.7. The van der Waals surface area contributed by atoms with E-state index in [0.29, 0.717) is 0 Å². The molecule has 4 rings (SSSR count). The van der Waals surface area contributed by atoms with E-state index in [1.54, 1.807) is 0 Å². The first-order valence-corrected chi connectivity index (χ1v) is 9.07. The second-order valence-corrected chi connectivity index (χ2v) is 7.13. The molecule has 0 radical (unpaired) electrons. The van der Waals surface area contributed by atoms with E-state index < -0.39 is 5.60 Å². The van der Waals surface area contributed by atoms with E-state index in [2.05, 4.69) is 18.2 Å². The van der Waals surface area contributed by atoms with E-state index in [4.69, 9.17) is 5.10 Å². The summed E-state index contributed by atoms with van der Waals surface area (Å²) < 4.78 is 1.95. The Kier molecular flexibility index (Phi) is 4.38. The van der Waals surface area contributed by atoms with E-state index in [1.807, 2.05) is 91.3 Å². The lowest BCUT2D eigenvalue weighted by atomic mass is 9.91. The molecule has 0 spiro atoms. The molecule has 0 unspecified atom stereocenters. The lowest BCUT2D eigenvalue weighted by Gasteiger charge is -2.22. The van der Waals surface area contributed by atoms with Gasteiger partial charge in [-0.1, -0.05) is 72.8 Å². The van der Waals surface area contributed by atoms with Crippen LogP contribution in [0.3, 0.4) is 0 Å². The summed E-state index contributed by atoms with van der Waals surface area (Å²) in [5.74, 6) is 0. The first-order chi connectivity index (χ1) is 13.0. The Balaban J connectivity index is 1.97. The Labute approximate surface area is 159 Å². The largest absolute Gasteiger partial charge is 0.386 e. The summed E-state index contributed by atoms with van der Waals surface area (Å²) in [6.45, 7) is 3.63. The van der Waals surface area contributed by atoms with Gasteiger partial charge in [-0.05, 0) is 37.6 Å². The third-order valence-corrected chi connectivity index (χ3v) is 4.64. The molecule has 3 nitrogen and oxygen atoms in total. The molecule has 0 bridgehead atoms. The lowest BCUT2D eigenvalue weighted by Crippen LogP contribution is -2.17. The van der Waals surface area contributed by atoms with Crippen molar-refractivity contribution in [2.45, 2.75) is 19.4 Å². The van der Waals surface area contributed by atoms with Crippen molar-refractivity contribution >= 4 is 0 Å². The Morgan fingerprint density at radius 1 is 0.778 bits per heavy atom. The fraction of sp³-hybridized carbons (Fsp3) is 0.125. The van der Waals surface area contributed by atoms with Gasteiger partial charge in [-0.3, -0.25) is 0 Å². The van der Waals surface area contributed by atoms with Gasteiger partial charge in [0, 0.05) is 11.1 Å². The molecule has 0 atom stereocenters. The smallest absolute Gasteiger partial charge is 0.0934 e. The Bertz CT molecular complexity index is 1040. The van der Waals surface area contributed by atoms with E-state index in [-0.39, 0.29) is 0 Å². The van der Waals surface area contributed by atoms with Gasteiger partial charge < -0.3 is 5.11 Å². The fourth-order valence-electron chi connectivity index (χ4n) is 3.33. The summed E-state index contributed by atoms with van der Waals surface area (Å²) in [6.07, 6.45) is 0. The molecule has 1 heterocycles. The second-order valence-electron chi connectivity index (χ2n) is 7.13. The first-order valence-electron chi connectivity index (χ1n) is 9.07. The van der Waals surface area contributed by atoms with Gasteiger partial charge in [0.2, 0.25) is 0 Å². The van der Waals surface area contributed by atoms with E-state index >= 15 is 0 Å². The molecule has 0 aliphatic heterocycles.